The van der Waals surface area contributed by atoms with Gasteiger partial charge in [0.25, 0.3) is 5.79 Å². The Morgan fingerprint density at radius 1 is 1.41 bits per heavy atom. The number of rotatable bonds is 1. The number of ether oxygens (including phenoxy) is 4. The van der Waals surface area contributed by atoms with Crippen LogP contribution in [0.25, 0.3) is 0 Å². The van der Waals surface area contributed by atoms with Gasteiger partial charge in [-0.25, -0.2) is 0 Å². The molecule has 1 spiro atoms. The van der Waals surface area contributed by atoms with E-state index < -0.39 is 23.6 Å². The Hall–Kier alpha value is -0.980. The van der Waals surface area contributed by atoms with Crippen LogP contribution in [0.5, 0.6) is 0 Å². The summed E-state index contributed by atoms with van der Waals surface area (Å²) in [5.41, 5.74) is 0. The highest BCUT2D eigenvalue weighted by Gasteiger charge is 2.55. The molecule has 0 radical (unpaired) electrons. The lowest BCUT2D eigenvalue weighted by Gasteiger charge is -2.34. The van der Waals surface area contributed by atoms with Crippen LogP contribution in [0.4, 0.5) is 0 Å². The van der Waals surface area contributed by atoms with Gasteiger partial charge in [0.05, 0.1) is 13.0 Å². The highest BCUT2D eigenvalue weighted by Crippen LogP contribution is 2.36. The van der Waals surface area contributed by atoms with E-state index in [0.29, 0.717) is 0 Å². The predicted molar refractivity (Wildman–Crippen MR) is 55.0 cm³/mol. The first-order valence-electron chi connectivity index (χ1n) is 5.52. The maximum Gasteiger partial charge on any atom is 0.302 e. The number of carbonyl (C=O) groups is 2. The Labute approximate surface area is 99.2 Å². The van der Waals surface area contributed by atoms with Gasteiger partial charge in [0, 0.05) is 6.92 Å². The average Bonchev–Trinajstić information content (AvgIpc) is 2.49. The molecule has 0 bridgehead atoms. The lowest BCUT2D eigenvalue weighted by molar-refractivity contribution is -0.261. The Balaban J connectivity index is 2.02. The molecule has 0 aromatic rings. The monoisotopic (exact) mass is 244 g/mol. The van der Waals surface area contributed by atoms with Crippen LogP contribution in [-0.2, 0) is 28.5 Å². The fraction of sp³-hybridized carbons (Fsp3) is 0.818. The van der Waals surface area contributed by atoms with Crippen molar-refractivity contribution >= 4 is 11.8 Å². The molecule has 6 heteroatoms. The summed E-state index contributed by atoms with van der Waals surface area (Å²) in [7, 11) is 0. The maximum absolute atomic E-state index is 12.0. The van der Waals surface area contributed by atoms with Gasteiger partial charge in [-0.05, 0) is 13.8 Å². The molecule has 96 valence electrons. The summed E-state index contributed by atoms with van der Waals surface area (Å²) >= 11 is 0. The highest BCUT2D eigenvalue weighted by molar-refractivity contribution is 5.87. The standard InChI is InChI=1S/C11H16O6/c1-7(12)16-8-4-9(13)11(14-5-8)6-15-10(2,3)17-11/h8H,4-6H2,1-3H3/t8-,11-/m0/s1. The fourth-order valence-electron chi connectivity index (χ4n) is 1.97. The minimum Gasteiger partial charge on any atom is -0.460 e. The number of esters is 1. The lowest BCUT2D eigenvalue weighted by Crippen LogP contribution is -2.52. The first-order chi connectivity index (χ1) is 7.83. The first kappa shape index (κ1) is 12.5. The van der Waals surface area contributed by atoms with Gasteiger partial charge in [0.2, 0.25) is 0 Å². The van der Waals surface area contributed by atoms with Crippen LogP contribution < -0.4 is 0 Å². The largest absolute Gasteiger partial charge is 0.460 e. The second-order valence-electron chi connectivity index (χ2n) is 4.71. The smallest absolute Gasteiger partial charge is 0.302 e. The Kier molecular flexibility index (Phi) is 2.97. The van der Waals surface area contributed by atoms with Gasteiger partial charge in [0.15, 0.2) is 11.6 Å². The second kappa shape index (κ2) is 4.04. The van der Waals surface area contributed by atoms with E-state index in [1.165, 1.54) is 6.92 Å². The van der Waals surface area contributed by atoms with Crippen molar-refractivity contribution in [2.45, 2.75) is 44.9 Å². The van der Waals surface area contributed by atoms with Crippen molar-refractivity contribution in [3.05, 3.63) is 0 Å². The molecular weight excluding hydrogens is 228 g/mol. The van der Waals surface area contributed by atoms with E-state index in [2.05, 4.69) is 0 Å². The third-order valence-electron chi connectivity index (χ3n) is 2.69. The number of Topliss-reactive ketones (excluding diaryl/α,β-unsaturated/α-hetero) is 1. The Bertz CT molecular complexity index is 350. The number of hydrogen-bond acceptors (Lipinski definition) is 6. The van der Waals surface area contributed by atoms with Crippen LogP contribution in [0.15, 0.2) is 0 Å². The van der Waals surface area contributed by atoms with Gasteiger partial charge >= 0.3 is 5.97 Å². The molecule has 0 aromatic heterocycles. The van der Waals surface area contributed by atoms with Crippen LogP contribution in [-0.4, -0.2) is 42.6 Å². The van der Waals surface area contributed by atoms with Crippen LogP contribution in [0, 0.1) is 0 Å². The molecule has 2 fully saturated rings. The minimum absolute atomic E-state index is 0.0750. The first-order valence-corrected chi connectivity index (χ1v) is 5.52. The van der Waals surface area contributed by atoms with Gasteiger partial charge in [-0.1, -0.05) is 0 Å². The van der Waals surface area contributed by atoms with E-state index in [1.807, 2.05) is 0 Å². The molecule has 0 N–H and O–H groups in total. The van der Waals surface area contributed by atoms with E-state index in [-0.39, 0.29) is 25.4 Å². The molecule has 0 aromatic carbocycles. The van der Waals surface area contributed by atoms with E-state index >= 15 is 0 Å². The van der Waals surface area contributed by atoms with E-state index in [9.17, 15) is 9.59 Å². The molecule has 0 saturated carbocycles. The molecule has 0 aliphatic carbocycles. The van der Waals surface area contributed by atoms with Crippen molar-refractivity contribution in [2.75, 3.05) is 13.2 Å². The lowest BCUT2D eigenvalue weighted by atomic mass is 10.0. The average molecular weight is 244 g/mol. The molecule has 2 heterocycles. The summed E-state index contributed by atoms with van der Waals surface area (Å²) in [6.07, 6.45) is -0.433. The minimum atomic E-state index is -1.32. The van der Waals surface area contributed by atoms with Gasteiger partial charge < -0.3 is 18.9 Å². The zero-order chi connectivity index (χ0) is 12.7. The van der Waals surface area contributed by atoms with E-state index in [1.54, 1.807) is 13.8 Å². The zero-order valence-corrected chi connectivity index (χ0v) is 10.1. The quantitative estimate of drug-likeness (QED) is 0.621. The molecule has 0 amide bonds. The molecule has 6 nitrogen and oxygen atoms in total. The van der Waals surface area contributed by atoms with Gasteiger partial charge in [-0.2, -0.15) is 0 Å². The summed E-state index contributed by atoms with van der Waals surface area (Å²) in [6, 6.07) is 0. The third kappa shape index (κ3) is 2.48. The highest BCUT2D eigenvalue weighted by atomic mass is 16.8. The Morgan fingerprint density at radius 3 is 2.59 bits per heavy atom. The van der Waals surface area contributed by atoms with Crippen LogP contribution in [0.2, 0.25) is 0 Å². The van der Waals surface area contributed by atoms with Gasteiger partial charge in [-0.3, -0.25) is 9.59 Å². The van der Waals surface area contributed by atoms with Crippen LogP contribution >= 0.6 is 0 Å². The molecule has 17 heavy (non-hydrogen) atoms. The number of hydrogen-bond donors (Lipinski definition) is 0. The molecule has 2 rings (SSSR count). The molecular formula is C11H16O6. The molecule has 2 saturated heterocycles. The van der Waals surface area contributed by atoms with Crippen molar-refractivity contribution in [3.8, 4) is 0 Å². The molecule has 2 aliphatic heterocycles. The fourth-order valence-corrected chi connectivity index (χ4v) is 1.97. The van der Waals surface area contributed by atoms with Crippen molar-refractivity contribution in [1.82, 2.24) is 0 Å². The van der Waals surface area contributed by atoms with Crippen molar-refractivity contribution < 1.29 is 28.5 Å². The summed E-state index contributed by atoms with van der Waals surface area (Å²) in [6.45, 7) is 4.95. The van der Waals surface area contributed by atoms with Gasteiger partial charge in [-0.15, -0.1) is 0 Å². The maximum atomic E-state index is 12.0. The molecule has 0 unspecified atom stereocenters. The van der Waals surface area contributed by atoms with Gasteiger partial charge in [0.1, 0.15) is 12.7 Å². The molecule has 2 aliphatic rings. The normalized spacial score (nSPS) is 36.2. The van der Waals surface area contributed by atoms with Crippen molar-refractivity contribution in [1.29, 1.82) is 0 Å². The summed E-state index contributed by atoms with van der Waals surface area (Å²) < 4.78 is 21.2. The number of carbonyl (C=O) groups excluding carboxylic acids is 2. The third-order valence-corrected chi connectivity index (χ3v) is 2.69. The zero-order valence-electron chi connectivity index (χ0n) is 10.1. The van der Waals surface area contributed by atoms with Crippen LogP contribution in [0.3, 0.4) is 0 Å². The SMILES string of the molecule is CC(=O)O[C@@H]1CO[C@]2(COC(C)(C)O2)C(=O)C1. The van der Waals surface area contributed by atoms with E-state index in [4.69, 9.17) is 18.9 Å². The predicted octanol–water partition coefficient (Wildman–Crippen LogP) is 0.387. The topological polar surface area (TPSA) is 71.1 Å². The second-order valence-corrected chi connectivity index (χ2v) is 4.71. The van der Waals surface area contributed by atoms with Crippen LogP contribution in [0.1, 0.15) is 27.2 Å². The van der Waals surface area contributed by atoms with E-state index in [0.717, 1.165) is 0 Å². The summed E-state index contributed by atoms with van der Waals surface area (Å²) in [5, 5.41) is 0. The Morgan fingerprint density at radius 2 is 2.12 bits per heavy atom. The molecule has 2 atom stereocenters. The van der Waals surface area contributed by atoms with Crippen molar-refractivity contribution in [2.24, 2.45) is 0 Å². The van der Waals surface area contributed by atoms with Crippen molar-refractivity contribution in [3.63, 3.8) is 0 Å². The summed E-state index contributed by atoms with van der Waals surface area (Å²) in [5.74, 6) is -2.82. The number of ketones is 1. The summed E-state index contributed by atoms with van der Waals surface area (Å²) in [4.78, 5) is 22.8.